The lowest BCUT2D eigenvalue weighted by Gasteiger charge is -2.25. The van der Waals surface area contributed by atoms with Crippen molar-refractivity contribution in [3.05, 3.63) is 23.9 Å². The van der Waals surface area contributed by atoms with Gasteiger partial charge in [-0.2, -0.15) is 14.5 Å². The summed E-state index contributed by atoms with van der Waals surface area (Å²) >= 11 is 0. The Hall–Kier alpha value is -2.18. The van der Waals surface area contributed by atoms with E-state index in [2.05, 4.69) is 41.2 Å². The fourth-order valence-corrected chi connectivity index (χ4v) is 3.19. The molecule has 1 saturated carbocycles. The fourth-order valence-electron chi connectivity index (χ4n) is 3.19. The van der Waals surface area contributed by atoms with Gasteiger partial charge in [0.2, 0.25) is 11.8 Å². The maximum Gasteiger partial charge on any atom is 0.255 e. The van der Waals surface area contributed by atoms with Gasteiger partial charge in [0.25, 0.3) is 5.88 Å². The van der Waals surface area contributed by atoms with E-state index in [0.29, 0.717) is 18.5 Å². The summed E-state index contributed by atoms with van der Waals surface area (Å²) in [6.07, 6.45) is 7.74. The van der Waals surface area contributed by atoms with Crippen LogP contribution in [0.4, 0.5) is 16.0 Å². The summed E-state index contributed by atoms with van der Waals surface area (Å²) in [6, 6.07) is 0.260. The van der Waals surface area contributed by atoms with E-state index in [-0.39, 0.29) is 11.9 Å². The van der Waals surface area contributed by atoms with Crippen LogP contribution < -0.4 is 10.1 Å². The van der Waals surface area contributed by atoms with Gasteiger partial charge >= 0.3 is 0 Å². The van der Waals surface area contributed by atoms with Crippen molar-refractivity contribution in [1.29, 1.82) is 0 Å². The number of ether oxygens (including phenoxy) is 1. The summed E-state index contributed by atoms with van der Waals surface area (Å²) in [6.45, 7) is 8.81. The van der Waals surface area contributed by atoms with Gasteiger partial charge in [0, 0.05) is 12.2 Å². The molecule has 3 rings (SSSR count). The Balaban J connectivity index is 1.65. The van der Waals surface area contributed by atoms with E-state index in [1.54, 1.807) is 0 Å². The van der Waals surface area contributed by atoms with Crippen LogP contribution in [0.1, 0.15) is 58.2 Å². The maximum absolute atomic E-state index is 14.0. The molecule has 0 aliphatic heterocycles. The molecular weight excluding hydrogens is 333 g/mol. The Bertz CT molecular complexity index is 738. The van der Waals surface area contributed by atoms with E-state index < -0.39 is 5.82 Å². The predicted octanol–water partition coefficient (Wildman–Crippen LogP) is 4.65. The van der Waals surface area contributed by atoms with Crippen molar-refractivity contribution in [2.45, 2.75) is 59.4 Å². The number of nitrogens with one attached hydrogen (secondary N) is 1. The van der Waals surface area contributed by atoms with E-state index in [1.807, 2.05) is 17.8 Å². The van der Waals surface area contributed by atoms with Crippen LogP contribution in [-0.4, -0.2) is 26.4 Å². The van der Waals surface area contributed by atoms with Gasteiger partial charge in [0.15, 0.2) is 0 Å². The molecule has 0 radical (unpaired) electrons. The molecule has 1 aliphatic rings. The second-order valence-corrected chi connectivity index (χ2v) is 7.61. The van der Waals surface area contributed by atoms with Crippen LogP contribution in [-0.2, 0) is 0 Å². The smallest absolute Gasteiger partial charge is 0.255 e. The minimum atomic E-state index is -0.533. The van der Waals surface area contributed by atoms with Crippen LogP contribution in [0.15, 0.2) is 12.4 Å². The first-order valence-electron chi connectivity index (χ1n) is 9.40. The van der Waals surface area contributed by atoms with E-state index in [1.165, 1.54) is 12.8 Å². The zero-order valence-corrected chi connectivity index (χ0v) is 16.0. The minimum absolute atomic E-state index is 0.00928. The first-order chi connectivity index (χ1) is 12.4. The number of hydrogen-bond donors (Lipinski definition) is 1. The van der Waals surface area contributed by atoms with E-state index in [4.69, 9.17) is 4.74 Å². The lowest BCUT2D eigenvalue weighted by molar-refractivity contribution is 0.178. The Kier molecular flexibility index (Phi) is 5.74. The van der Waals surface area contributed by atoms with E-state index in [9.17, 15) is 4.39 Å². The Morgan fingerprint density at radius 2 is 2.04 bits per heavy atom. The SMILES string of the molecule is Cc1nn(C(C)C)cc1Nc1ncc(F)c(OCC2CCC(C)CC2)n1. The molecule has 2 aromatic heterocycles. The van der Waals surface area contributed by atoms with E-state index in [0.717, 1.165) is 36.3 Å². The quantitative estimate of drug-likeness (QED) is 0.811. The number of rotatable bonds is 6. The summed E-state index contributed by atoms with van der Waals surface area (Å²) in [5, 5.41) is 7.55. The molecule has 142 valence electrons. The van der Waals surface area contributed by atoms with Crippen molar-refractivity contribution >= 4 is 11.6 Å². The van der Waals surface area contributed by atoms with E-state index >= 15 is 0 Å². The van der Waals surface area contributed by atoms with Gasteiger partial charge in [0.1, 0.15) is 0 Å². The number of aryl methyl sites for hydroxylation is 1. The van der Waals surface area contributed by atoms with Crippen molar-refractivity contribution in [2.75, 3.05) is 11.9 Å². The molecule has 1 fully saturated rings. The standard InChI is InChI=1S/C19H28FN5O/c1-12(2)25-10-17(14(4)24-25)22-19-21-9-16(20)18(23-19)26-11-15-7-5-13(3)6-8-15/h9-10,12-13,15H,5-8,11H2,1-4H3,(H,21,22,23). The number of nitrogens with zero attached hydrogens (tertiary/aromatic N) is 4. The summed E-state index contributed by atoms with van der Waals surface area (Å²) < 4.78 is 21.6. The Morgan fingerprint density at radius 1 is 1.31 bits per heavy atom. The van der Waals surface area contributed by atoms with Crippen LogP contribution >= 0.6 is 0 Å². The average Bonchev–Trinajstić information content (AvgIpc) is 2.98. The van der Waals surface area contributed by atoms with Gasteiger partial charge in [-0.1, -0.05) is 19.8 Å². The molecule has 0 unspecified atom stereocenters. The van der Waals surface area contributed by atoms with Crippen molar-refractivity contribution in [3.8, 4) is 5.88 Å². The van der Waals surface area contributed by atoms with Gasteiger partial charge in [-0.25, -0.2) is 4.98 Å². The Morgan fingerprint density at radius 3 is 2.69 bits per heavy atom. The summed E-state index contributed by atoms with van der Waals surface area (Å²) in [5.74, 6) is 1.05. The van der Waals surface area contributed by atoms with Gasteiger partial charge < -0.3 is 10.1 Å². The molecule has 2 aromatic rings. The van der Waals surface area contributed by atoms with Crippen molar-refractivity contribution in [3.63, 3.8) is 0 Å². The first kappa shape index (κ1) is 18.6. The van der Waals surface area contributed by atoms with Crippen LogP contribution in [0.3, 0.4) is 0 Å². The summed E-state index contributed by atoms with van der Waals surface area (Å²) in [7, 11) is 0. The lowest BCUT2D eigenvalue weighted by atomic mass is 9.83. The topological polar surface area (TPSA) is 64.9 Å². The monoisotopic (exact) mass is 361 g/mol. The van der Waals surface area contributed by atoms with Gasteiger partial charge in [-0.15, -0.1) is 0 Å². The number of hydrogen-bond acceptors (Lipinski definition) is 5. The number of anilines is 2. The molecular formula is C19H28FN5O. The molecule has 0 amide bonds. The Labute approximate surface area is 154 Å². The first-order valence-corrected chi connectivity index (χ1v) is 9.40. The predicted molar refractivity (Wildman–Crippen MR) is 99.2 cm³/mol. The van der Waals surface area contributed by atoms with Gasteiger partial charge in [-0.3, -0.25) is 4.68 Å². The van der Waals surface area contributed by atoms with Crippen molar-refractivity contribution in [2.24, 2.45) is 11.8 Å². The zero-order valence-electron chi connectivity index (χ0n) is 16.0. The highest BCUT2D eigenvalue weighted by Crippen LogP contribution is 2.29. The number of aromatic nitrogens is 4. The summed E-state index contributed by atoms with van der Waals surface area (Å²) in [5.41, 5.74) is 1.64. The molecule has 2 heterocycles. The third-order valence-corrected chi connectivity index (χ3v) is 5.00. The maximum atomic E-state index is 14.0. The molecule has 1 N–H and O–H groups in total. The molecule has 0 bridgehead atoms. The van der Waals surface area contributed by atoms with Crippen LogP contribution in [0.2, 0.25) is 0 Å². The molecule has 26 heavy (non-hydrogen) atoms. The molecule has 0 spiro atoms. The highest BCUT2D eigenvalue weighted by atomic mass is 19.1. The molecule has 6 nitrogen and oxygen atoms in total. The third kappa shape index (κ3) is 4.51. The zero-order chi connectivity index (χ0) is 18.7. The minimum Gasteiger partial charge on any atom is -0.475 e. The van der Waals surface area contributed by atoms with Gasteiger partial charge in [-0.05, 0) is 45.4 Å². The average molecular weight is 361 g/mol. The second-order valence-electron chi connectivity index (χ2n) is 7.61. The van der Waals surface area contributed by atoms with Crippen LogP contribution in [0.5, 0.6) is 5.88 Å². The second kappa shape index (κ2) is 8.01. The molecule has 0 saturated heterocycles. The van der Waals surface area contributed by atoms with Crippen LogP contribution in [0.25, 0.3) is 0 Å². The highest BCUT2D eigenvalue weighted by Gasteiger charge is 2.20. The third-order valence-electron chi connectivity index (χ3n) is 5.00. The summed E-state index contributed by atoms with van der Waals surface area (Å²) in [4.78, 5) is 8.23. The van der Waals surface area contributed by atoms with Crippen LogP contribution in [0, 0.1) is 24.6 Å². The molecule has 0 atom stereocenters. The highest BCUT2D eigenvalue weighted by molar-refractivity contribution is 5.55. The van der Waals surface area contributed by atoms with Gasteiger partial charge in [0.05, 0.1) is 24.2 Å². The van der Waals surface area contributed by atoms with Crippen molar-refractivity contribution in [1.82, 2.24) is 19.7 Å². The molecule has 7 heteroatoms. The molecule has 1 aliphatic carbocycles. The lowest BCUT2D eigenvalue weighted by Crippen LogP contribution is -2.19. The normalized spacial score (nSPS) is 20.4. The number of halogens is 1. The molecule has 0 aromatic carbocycles. The fraction of sp³-hybridized carbons (Fsp3) is 0.632. The van der Waals surface area contributed by atoms with Crippen molar-refractivity contribution < 1.29 is 9.13 Å². The largest absolute Gasteiger partial charge is 0.475 e.